The number of hydrogen-bond acceptors (Lipinski definition) is 4. The largest absolute Gasteiger partial charge is 0.354 e. The van der Waals surface area contributed by atoms with Gasteiger partial charge in [0.25, 0.3) is 0 Å². The van der Waals surface area contributed by atoms with E-state index in [2.05, 4.69) is 18.9 Å². The maximum Gasteiger partial charge on any atom is 0.206 e. The van der Waals surface area contributed by atoms with Crippen LogP contribution in [0.3, 0.4) is 0 Å². The van der Waals surface area contributed by atoms with Crippen molar-refractivity contribution in [2.75, 3.05) is 0 Å². The molecule has 1 aromatic carbocycles. The fraction of sp³-hybridized carbons (Fsp3) is 0.125. The zero-order chi connectivity index (χ0) is 9.26. The Morgan fingerprint density at radius 1 is 1.54 bits per heavy atom. The van der Waals surface area contributed by atoms with Crippen LogP contribution in [0.2, 0.25) is 0 Å². The number of nitrogens with two attached hydrogens (primary N) is 1. The Kier molecular flexibility index (Phi) is 2.08. The minimum atomic E-state index is 0.502. The second-order valence-electron chi connectivity index (χ2n) is 2.65. The Morgan fingerprint density at radius 2 is 2.38 bits per heavy atom. The average molecular weight is 193 g/mol. The molecule has 1 heterocycles. The summed E-state index contributed by atoms with van der Waals surface area (Å²) >= 11 is 0. The molecular weight excluding hydrogens is 185 g/mol. The molecule has 0 fully saturated rings. The fourth-order valence-electron chi connectivity index (χ4n) is 1.18. The number of aromatic nitrogens is 1. The van der Waals surface area contributed by atoms with E-state index in [9.17, 15) is 0 Å². The Morgan fingerprint density at radius 3 is 3.08 bits per heavy atom. The van der Waals surface area contributed by atoms with Crippen LogP contribution in [0.15, 0.2) is 27.5 Å². The van der Waals surface area contributed by atoms with Crippen LogP contribution in [0.25, 0.3) is 11.0 Å². The summed E-state index contributed by atoms with van der Waals surface area (Å²) in [6, 6.07) is 5.67. The first-order valence-electron chi connectivity index (χ1n) is 3.81. The van der Waals surface area contributed by atoms with Crippen molar-refractivity contribution < 1.29 is 4.52 Å². The standard InChI is InChI=1S/C8H8N3OP/c9-4-5-1-2-7-6(3-5)8(11-13)10-12-7/h1-3,13H,4,9H2. The van der Waals surface area contributed by atoms with E-state index in [0.29, 0.717) is 17.9 Å². The molecule has 4 nitrogen and oxygen atoms in total. The molecule has 0 aliphatic carbocycles. The van der Waals surface area contributed by atoms with Crippen LogP contribution >= 0.6 is 9.03 Å². The molecule has 0 amide bonds. The lowest BCUT2D eigenvalue weighted by molar-refractivity contribution is 0.459. The lowest BCUT2D eigenvalue weighted by Gasteiger charge is -1.94. The highest BCUT2D eigenvalue weighted by Gasteiger charge is 2.06. The molecule has 0 saturated heterocycles. The average Bonchev–Trinajstić information content (AvgIpc) is 2.59. The number of nitrogens with zero attached hydrogens (tertiary/aromatic N) is 2. The summed E-state index contributed by atoms with van der Waals surface area (Å²) in [6.45, 7) is 0.502. The van der Waals surface area contributed by atoms with E-state index < -0.39 is 0 Å². The predicted molar refractivity (Wildman–Crippen MR) is 52.3 cm³/mol. The molecule has 1 aromatic heterocycles. The minimum Gasteiger partial charge on any atom is -0.354 e. The minimum absolute atomic E-state index is 0.502. The Balaban J connectivity index is 2.71. The van der Waals surface area contributed by atoms with Crippen LogP contribution in [-0.4, -0.2) is 5.16 Å². The smallest absolute Gasteiger partial charge is 0.206 e. The Hall–Kier alpha value is -1.25. The van der Waals surface area contributed by atoms with Gasteiger partial charge in [-0.3, -0.25) is 0 Å². The van der Waals surface area contributed by atoms with Gasteiger partial charge in [-0.1, -0.05) is 11.2 Å². The second-order valence-corrected chi connectivity index (χ2v) is 2.88. The van der Waals surface area contributed by atoms with Crippen molar-refractivity contribution in [3.8, 4) is 0 Å². The number of hydrogen-bond donors (Lipinski definition) is 1. The Labute approximate surface area is 77.0 Å². The lowest BCUT2D eigenvalue weighted by Crippen LogP contribution is -1.94. The van der Waals surface area contributed by atoms with Gasteiger partial charge in [-0.15, -0.1) is 0 Å². The molecule has 66 valence electrons. The van der Waals surface area contributed by atoms with Crippen molar-refractivity contribution in [1.29, 1.82) is 0 Å². The second kappa shape index (κ2) is 3.24. The zero-order valence-electron chi connectivity index (χ0n) is 6.82. The molecule has 2 N–H and O–H groups in total. The highest BCUT2D eigenvalue weighted by atomic mass is 31.0. The van der Waals surface area contributed by atoms with Crippen molar-refractivity contribution in [3.63, 3.8) is 0 Å². The zero-order valence-corrected chi connectivity index (χ0v) is 7.82. The molecule has 5 heteroatoms. The molecule has 2 rings (SSSR count). The summed E-state index contributed by atoms with van der Waals surface area (Å²) < 4.78 is 8.82. The summed E-state index contributed by atoms with van der Waals surface area (Å²) in [4.78, 5) is 0. The van der Waals surface area contributed by atoms with Crippen LogP contribution in [-0.2, 0) is 6.54 Å². The van der Waals surface area contributed by atoms with Crippen LogP contribution in [0.1, 0.15) is 5.56 Å². The fourth-order valence-corrected chi connectivity index (χ4v) is 1.34. The molecule has 0 saturated carbocycles. The molecule has 0 aliphatic heterocycles. The van der Waals surface area contributed by atoms with Gasteiger partial charge in [0.2, 0.25) is 5.82 Å². The summed E-state index contributed by atoms with van der Waals surface area (Å²) in [5.41, 5.74) is 7.26. The van der Waals surface area contributed by atoms with Crippen molar-refractivity contribution in [2.45, 2.75) is 6.54 Å². The van der Waals surface area contributed by atoms with Crippen LogP contribution in [0, 0.1) is 0 Å². The van der Waals surface area contributed by atoms with Crippen molar-refractivity contribution in [3.05, 3.63) is 23.8 Å². The summed E-state index contributed by atoms with van der Waals surface area (Å²) in [5.74, 6) is 0.543. The van der Waals surface area contributed by atoms with Gasteiger partial charge in [0, 0.05) is 6.54 Å². The lowest BCUT2D eigenvalue weighted by atomic mass is 10.1. The van der Waals surface area contributed by atoms with E-state index in [1.54, 1.807) is 0 Å². The Bertz CT molecular complexity index is 452. The summed E-state index contributed by atoms with van der Waals surface area (Å²) in [7, 11) is 3.02. The van der Waals surface area contributed by atoms with Crippen LogP contribution < -0.4 is 5.73 Å². The molecule has 0 atom stereocenters. The summed E-state index contributed by atoms with van der Waals surface area (Å²) in [6.07, 6.45) is 0. The molecule has 0 aliphatic rings. The van der Waals surface area contributed by atoms with Gasteiger partial charge in [0.1, 0.15) is 0 Å². The highest BCUT2D eigenvalue weighted by Crippen LogP contribution is 2.26. The predicted octanol–water partition coefficient (Wildman–Crippen LogP) is 2.24. The third kappa shape index (κ3) is 1.34. The molecular formula is C8H8N3OP. The van der Waals surface area contributed by atoms with Gasteiger partial charge >= 0.3 is 0 Å². The third-order valence-corrected chi connectivity index (χ3v) is 2.07. The van der Waals surface area contributed by atoms with Gasteiger partial charge < -0.3 is 10.3 Å². The first kappa shape index (κ1) is 8.35. The number of rotatable bonds is 2. The summed E-state index contributed by atoms with van der Waals surface area (Å²) in [5, 5.41) is 4.63. The van der Waals surface area contributed by atoms with Gasteiger partial charge in [0.05, 0.1) is 5.39 Å². The molecule has 0 unspecified atom stereocenters. The van der Waals surface area contributed by atoms with E-state index in [0.717, 1.165) is 10.9 Å². The third-order valence-electron chi connectivity index (χ3n) is 1.86. The maximum absolute atomic E-state index is 5.51. The number of fused-ring (bicyclic) bond motifs is 1. The van der Waals surface area contributed by atoms with E-state index in [1.807, 2.05) is 18.2 Å². The molecule has 0 bridgehead atoms. The molecule has 0 spiro atoms. The quantitative estimate of drug-likeness (QED) is 0.744. The normalized spacial score (nSPS) is 10.5. The van der Waals surface area contributed by atoms with Gasteiger partial charge in [0.15, 0.2) is 5.58 Å². The van der Waals surface area contributed by atoms with Gasteiger partial charge in [-0.2, -0.15) is 0 Å². The van der Waals surface area contributed by atoms with Gasteiger partial charge in [-0.05, 0) is 26.7 Å². The first-order chi connectivity index (χ1) is 6.35. The molecule has 13 heavy (non-hydrogen) atoms. The molecule has 2 aromatic rings. The molecule has 0 radical (unpaired) electrons. The topological polar surface area (TPSA) is 64.4 Å². The van der Waals surface area contributed by atoms with Crippen molar-refractivity contribution in [1.82, 2.24) is 5.16 Å². The highest BCUT2D eigenvalue weighted by molar-refractivity contribution is 7.04. The van der Waals surface area contributed by atoms with E-state index >= 15 is 0 Å². The van der Waals surface area contributed by atoms with Crippen LogP contribution in [0.5, 0.6) is 0 Å². The van der Waals surface area contributed by atoms with Crippen molar-refractivity contribution in [2.24, 2.45) is 10.5 Å². The van der Waals surface area contributed by atoms with E-state index in [4.69, 9.17) is 10.3 Å². The SMILES string of the molecule is NCc1ccc2onc(N=P)c2c1. The van der Waals surface area contributed by atoms with Gasteiger partial charge in [-0.25, -0.2) is 4.74 Å². The van der Waals surface area contributed by atoms with E-state index in [1.165, 1.54) is 0 Å². The first-order valence-corrected chi connectivity index (χ1v) is 4.25. The monoisotopic (exact) mass is 193 g/mol. The van der Waals surface area contributed by atoms with E-state index in [-0.39, 0.29) is 0 Å². The van der Waals surface area contributed by atoms with Crippen molar-refractivity contribution >= 4 is 25.8 Å². The maximum atomic E-state index is 5.51. The number of benzene rings is 1. The van der Waals surface area contributed by atoms with Crippen LogP contribution in [0.4, 0.5) is 5.82 Å².